The van der Waals surface area contributed by atoms with Gasteiger partial charge in [-0.2, -0.15) is 0 Å². The average molecular weight is 486 g/mol. The van der Waals surface area contributed by atoms with Gasteiger partial charge in [-0.1, -0.05) is 35.4 Å². The smallest absolute Gasteiger partial charge is 0.265 e. The van der Waals surface area contributed by atoms with Crippen molar-refractivity contribution in [3.05, 3.63) is 75.0 Å². The molecular formula is C24H27N3O4S2. The highest BCUT2D eigenvalue weighted by molar-refractivity contribution is 7.93. The molecule has 0 saturated heterocycles. The molecule has 0 aliphatic heterocycles. The lowest BCUT2D eigenvalue weighted by Gasteiger charge is -2.19. The van der Waals surface area contributed by atoms with Crippen molar-refractivity contribution in [1.29, 1.82) is 0 Å². The van der Waals surface area contributed by atoms with E-state index in [4.69, 9.17) is 0 Å². The molecule has 0 unspecified atom stereocenters. The van der Waals surface area contributed by atoms with Gasteiger partial charge in [-0.15, -0.1) is 11.3 Å². The Kier molecular flexibility index (Phi) is 7.24. The number of sulfonamides is 1. The Morgan fingerprint density at radius 1 is 0.939 bits per heavy atom. The van der Waals surface area contributed by atoms with E-state index in [1.807, 2.05) is 39.8 Å². The summed E-state index contributed by atoms with van der Waals surface area (Å²) in [5, 5.41) is 4.40. The number of thiophene rings is 1. The number of carbonyl (C=O) groups excluding carboxylic acids is 2. The van der Waals surface area contributed by atoms with E-state index < -0.39 is 15.9 Å². The minimum atomic E-state index is -3.97. The first-order valence-corrected chi connectivity index (χ1v) is 12.6. The number of nitrogens with zero attached hydrogens (tertiary/aromatic N) is 1. The molecule has 2 aromatic carbocycles. The number of likely N-dealkylation sites (N-methyl/N-ethyl adjacent to an activating group) is 1. The van der Waals surface area contributed by atoms with Crippen molar-refractivity contribution in [2.75, 3.05) is 23.6 Å². The molecule has 33 heavy (non-hydrogen) atoms. The number of carbonyl (C=O) groups is 2. The van der Waals surface area contributed by atoms with Crippen LogP contribution in [0, 0.1) is 27.7 Å². The van der Waals surface area contributed by atoms with Gasteiger partial charge in [0.05, 0.1) is 6.54 Å². The summed E-state index contributed by atoms with van der Waals surface area (Å²) in [5.74, 6) is -0.901. The maximum Gasteiger partial charge on any atom is 0.265 e. The highest BCUT2D eigenvalue weighted by Crippen LogP contribution is 2.26. The van der Waals surface area contributed by atoms with Crippen LogP contribution in [-0.2, 0) is 14.8 Å². The monoisotopic (exact) mass is 485 g/mol. The average Bonchev–Trinajstić information content (AvgIpc) is 3.22. The summed E-state index contributed by atoms with van der Waals surface area (Å²) < 4.78 is 28.3. The molecule has 0 radical (unpaired) electrons. The number of benzene rings is 2. The summed E-state index contributed by atoms with van der Waals surface area (Å²) in [7, 11) is -2.50. The topological polar surface area (TPSA) is 95.6 Å². The van der Waals surface area contributed by atoms with Crippen LogP contribution >= 0.6 is 11.3 Å². The normalized spacial score (nSPS) is 11.2. The van der Waals surface area contributed by atoms with E-state index in [0.717, 1.165) is 33.6 Å². The van der Waals surface area contributed by atoms with Gasteiger partial charge in [-0.05, 0) is 62.4 Å². The molecule has 0 saturated carbocycles. The molecule has 0 bridgehead atoms. The number of anilines is 2. The quantitative estimate of drug-likeness (QED) is 0.515. The van der Waals surface area contributed by atoms with Crippen LogP contribution in [0.3, 0.4) is 0 Å². The van der Waals surface area contributed by atoms with E-state index in [9.17, 15) is 18.0 Å². The predicted molar refractivity (Wildman–Crippen MR) is 133 cm³/mol. The number of nitrogens with one attached hydrogen (secondary N) is 2. The Morgan fingerprint density at radius 3 is 2.15 bits per heavy atom. The lowest BCUT2D eigenvalue weighted by atomic mass is 10.1. The summed E-state index contributed by atoms with van der Waals surface area (Å²) in [4.78, 5) is 26.8. The van der Waals surface area contributed by atoms with Gasteiger partial charge in [0.2, 0.25) is 5.91 Å². The van der Waals surface area contributed by atoms with Gasteiger partial charge >= 0.3 is 0 Å². The molecule has 3 rings (SSSR count). The molecule has 9 heteroatoms. The van der Waals surface area contributed by atoms with Crippen LogP contribution in [0.1, 0.15) is 31.9 Å². The second-order valence-electron chi connectivity index (χ2n) is 8.07. The lowest BCUT2D eigenvalue weighted by molar-refractivity contribution is -0.116. The maximum absolute atomic E-state index is 13.0. The largest absolute Gasteiger partial charge is 0.332 e. The highest BCUT2D eigenvalue weighted by Gasteiger charge is 2.27. The van der Waals surface area contributed by atoms with Gasteiger partial charge in [0.15, 0.2) is 0 Å². The number of hydrogen-bond acceptors (Lipinski definition) is 5. The number of amides is 2. The Hall–Kier alpha value is -3.17. The minimum absolute atomic E-state index is 0.0487. The van der Waals surface area contributed by atoms with Gasteiger partial charge in [-0.3, -0.25) is 14.3 Å². The van der Waals surface area contributed by atoms with Crippen molar-refractivity contribution in [2.24, 2.45) is 0 Å². The van der Waals surface area contributed by atoms with E-state index in [1.54, 1.807) is 29.6 Å². The fourth-order valence-electron chi connectivity index (χ4n) is 3.51. The van der Waals surface area contributed by atoms with Crippen molar-refractivity contribution < 1.29 is 18.0 Å². The molecule has 3 aromatic rings. The van der Waals surface area contributed by atoms with Gasteiger partial charge in [0.1, 0.15) is 9.77 Å². The van der Waals surface area contributed by atoms with Crippen LogP contribution in [0.2, 0.25) is 0 Å². The minimum Gasteiger partial charge on any atom is -0.332 e. The summed E-state index contributed by atoms with van der Waals surface area (Å²) in [5.41, 5.74) is 5.09. The SMILES string of the molecule is Cc1ccc(NS(=O)(=O)c2ccsc2C(=O)N(C)CC(=O)Nc2c(C)cc(C)cc2C)cc1. The van der Waals surface area contributed by atoms with E-state index in [-0.39, 0.29) is 22.2 Å². The van der Waals surface area contributed by atoms with E-state index in [1.165, 1.54) is 18.0 Å². The standard InChI is InChI=1S/C24H27N3O4S2/c1-15-6-8-19(9-7-15)26-33(30,31)20-10-11-32-23(20)24(29)27(5)14-21(28)25-22-17(3)12-16(2)13-18(22)4/h6-13,26H,14H2,1-5H3,(H,25,28). The molecule has 1 aromatic heterocycles. The van der Waals surface area contributed by atoms with Crippen LogP contribution in [-0.4, -0.2) is 38.7 Å². The van der Waals surface area contributed by atoms with Crippen molar-refractivity contribution in [2.45, 2.75) is 32.6 Å². The second kappa shape index (κ2) is 9.76. The molecule has 2 amide bonds. The fraction of sp³-hybridized carbons (Fsp3) is 0.250. The maximum atomic E-state index is 13.0. The molecular weight excluding hydrogens is 458 g/mol. The van der Waals surface area contributed by atoms with Gasteiger partial charge in [0, 0.05) is 18.4 Å². The Balaban J connectivity index is 1.73. The Labute approximate surface area is 198 Å². The number of hydrogen-bond donors (Lipinski definition) is 2. The molecule has 7 nitrogen and oxygen atoms in total. The molecule has 0 atom stereocenters. The van der Waals surface area contributed by atoms with E-state index >= 15 is 0 Å². The van der Waals surface area contributed by atoms with Crippen molar-refractivity contribution in [3.63, 3.8) is 0 Å². The van der Waals surface area contributed by atoms with Crippen molar-refractivity contribution >= 4 is 44.5 Å². The zero-order valence-corrected chi connectivity index (χ0v) is 20.9. The number of rotatable bonds is 7. The first-order valence-electron chi connectivity index (χ1n) is 10.3. The zero-order chi connectivity index (χ0) is 24.3. The van der Waals surface area contributed by atoms with Crippen LogP contribution in [0.4, 0.5) is 11.4 Å². The first kappa shape index (κ1) is 24.5. The van der Waals surface area contributed by atoms with Gasteiger partial charge in [-0.25, -0.2) is 8.42 Å². The van der Waals surface area contributed by atoms with Crippen LogP contribution in [0.5, 0.6) is 0 Å². The zero-order valence-electron chi connectivity index (χ0n) is 19.2. The van der Waals surface area contributed by atoms with Crippen molar-refractivity contribution in [3.8, 4) is 0 Å². The van der Waals surface area contributed by atoms with Crippen LogP contribution in [0.25, 0.3) is 0 Å². The van der Waals surface area contributed by atoms with Crippen LogP contribution in [0.15, 0.2) is 52.7 Å². The third-order valence-electron chi connectivity index (χ3n) is 5.09. The molecule has 1 heterocycles. The van der Waals surface area contributed by atoms with Crippen molar-refractivity contribution in [1.82, 2.24) is 4.90 Å². The Bertz CT molecular complexity index is 1270. The predicted octanol–water partition coefficient (Wildman–Crippen LogP) is 4.49. The highest BCUT2D eigenvalue weighted by atomic mass is 32.2. The third kappa shape index (κ3) is 5.80. The number of aryl methyl sites for hydroxylation is 4. The first-order chi connectivity index (χ1) is 15.5. The molecule has 2 N–H and O–H groups in total. The lowest BCUT2D eigenvalue weighted by Crippen LogP contribution is -2.35. The molecule has 0 aliphatic rings. The van der Waals surface area contributed by atoms with Gasteiger partial charge < -0.3 is 10.2 Å². The Morgan fingerprint density at radius 2 is 1.55 bits per heavy atom. The third-order valence-corrected chi connectivity index (χ3v) is 7.54. The molecule has 0 aliphatic carbocycles. The summed E-state index contributed by atoms with van der Waals surface area (Å²) in [6.07, 6.45) is 0. The second-order valence-corrected chi connectivity index (χ2v) is 10.6. The fourth-order valence-corrected chi connectivity index (χ4v) is 5.99. The summed E-state index contributed by atoms with van der Waals surface area (Å²) in [6, 6.07) is 12.2. The van der Waals surface area contributed by atoms with E-state index in [2.05, 4.69) is 10.0 Å². The molecule has 0 spiro atoms. The molecule has 0 fully saturated rings. The van der Waals surface area contributed by atoms with Crippen LogP contribution < -0.4 is 10.0 Å². The van der Waals surface area contributed by atoms with E-state index in [0.29, 0.717) is 11.4 Å². The summed E-state index contributed by atoms with van der Waals surface area (Å²) >= 11 is 1.02. The summed E-state index contributed by atoms with van der Waals surface area (Å²) in [6.45, 7) is 7.50. The molecule has 174 valence electrons. The van der Waals surface area contributed by atoms with Gasteiger partial charge in [0.25, 0.3) is 15.9 Å².